The van der Waals surface area contributed by atoms with Gasteiger partial charge in [-0.1, -0.05) is 11.6 Å². The molecule has 0 unspecified atom stereocenters. The van der Waals surface area contributed by atoms with Crippen molar-refractivity contribution < 1.29 is 0 Å². The van der Waals surface area contributed by atoms with E-state index in [1.807, 2.05) is 24.3 Å². The van der Waals surface area contributed by atoms with Crippen LogP contribution in [0.1, 0.15) is 4.88 Å². The van der Waals surface area contributed by atoms with Gasteiger partial charge in [-0.15, -0.1) is 16.4 Å². The van der Waals surface area contributed by atoms with Gasteiger partial charge in [-0.05, 0) is 40.2 Å². The summed E-state index contributed by atoms with van der Waals surface area (Å²) in [6.07, 6.45) is 3.44. The maximum atomic E-state index is 5.79. The van der Waals surface area contributed by atoms with Crippen molar-refractivity contribution in [2.45, 2.75) is 6.54 Å². The van der Waals surface area contributed by atoms with Crippen LogP contribution in [0.2, 0.25) is 4.47 Å². The van der Waals surface area contributed by atoms with Gasteiger partial charge in [-0.2, -0.15) is 0 Å². The molecule has 102 valence electrons. The molecular formula is C12H9BrClN5S. The molecule has 0 aliphatic rings. The highest BCUT2D eigenvalue weighted by Crippen LogP contribution is 2.19. The number of thiazole rings is 1. The number of nitrogens with zero attached hydrogens (tertiary/aromatic N) is 4. The molecule has 0 atom stereocenters. The molecular weight excluding hydrogens is 362 g/mol. The van der Waals surface area contributed by atoms with Gasteiger partial charge in [0, 0.05) is 16.8 Å². The molecule has 2 aromatic heterocycles. The summed E-state index contributed by atoms with van der Waals surface area (Å²) in [5.74, 6) is 0. The van der Waals surface area contributed by atoms with E-state index in [4.69, 9.17) is 11.6 Å². The topological polar surface area (TPSA) is 55.6 Å². The van der Waals surface area contributed by atoms with Crippen LogP contribution in [-0.2, 0) is 6.54 Å². The Hall–Kier alpha value is -1.44. The van der Waals surface area contributed by atoms with Gasteiger partial charge in [-0.3, -0.25) is 0 Å². The van der Waals surface area contributed by atoms with E-state index in [2.05, 4.69) is 36.3 Å². The minimum Gasteiger partial charge on any atom is -0.380 e. The summed E-state index contributed by atoms with van der Waals surface area (Å²) in [4.78, 5) is 9.13. The molecule has 5 nitrogen and oxygen atoms in total. The van der Waals surface area contributed by atoms with Gasteiger partial charge >= 0.3 is 0 Å². The molecule has 1 N–H and O–H groups in total. The van der Waals surface area contributed by atoms with E-state index >= 15 is 0 Å². The van der Waals surface area contributed by atoms with Crippen molar-refractivity contribution in [2.75, 3.05) is 5.32 Å². The molecule has 0 radical (unpaired) electrons. The smallest absolute Gasteiger partial charge is 0.217 e. The summed E-state index contributed by atoms with van der Waals surface area (Å²) in [6, 6.07) is 7.94. The molecule has 1 aromatic carbocycles. The van der Waals surface area contributed by atoms with Crippen LogP contribution in [0.25, 0.3) is 5.69 Å². The van der Waals surface area contributed by atoms with Gasteiger partial charge in [0.15, 0.2) is 4.47 Å². The van der Waals surface area contributed by atoms with Crippen LogP contribution in [0.4, 0.5) is 5.69 Å². The third-order valence-corrected chi connectivity index (χ3v) is 4.07. The second kappa shape index (κ2) is 5.90. The van der Waals surface area contributed by atoms with E-state index < -0.39 is 0 Å². The van der Waals surface area contributed by atoms with Gasteiger partial charge in [0.2, 0.25) is 4.73 Å². The molecule has 3 aromatic rings. The van der Waals surface area contributed by atoms with Crippen molar-refractivity contribution in [1.82, 2.24) is 19.7 Å². The first-order valence-electron chi connectivity index (χ1n) is 5.72. The van der Waals surface area contributed by atoms with Crippen LogP contribution in [0.5, 0.6) is 0 Å². The normalized spacial score (nSPS) is 10.7. The molecule has 0 spiro atoms. The molecule has 8 heteroatoms. The second-order valence-electron chi connectivity index (χ2n) is 3.94. The van der Waals surface area contributed by atoms with E-state index in [0.717, 1.165) is 16.3 Å². The fraction of sp³-hybridized carbons (Fsp3) is 0.0833. The molecule has 0 aliphatic carbocycles. The summed E-state index contributed by atoms with van der Waals surface area (Å²) < 4.78 is 2.84. The zero-order chi connectivity index (χ0) is 13.9. The largest absolute Gasteiger partial charge is 0.380 e. The van der Waals surface area contributed by atoms with Crippen LogP contribution in [0.15, 0.2) is 41.5 Å². The van der Waals surface area contributed by atoms with Crippen LogP contribution >= 0.6 is 38.9 Å². The third-order valence-electron chi connectivity index (χ3n) is 2.59. The van der Waals surface area contributed by atoms with E-state index in [1.54, 1.807) is 17.2 Å². The van der Waals surface area contributed by atoms with Gasteiger partial charge in [-0.25, -0.2) is 14.6 Å². The molecule has 20 heavy (non-hydrogen) atoms. The summed E-state index contributed by atoms with van der Waals surface area (Å²) in [6.45, 7) is 0.707. The number of hydrogen-bond acceptors (Lipinski definition) is 5. The Morgan fingerprint density at radius 3 is 2.65 bits per heavy atom. The number of aromatic nitrogens is 4. The van der Waals surface area contributed by atoms with Crippen LogP contribution in [0, 0.1) is 0 Å². The average molecular weight is 371 g/mol. The maximum absolute atomic E-state index is 5.79. The Labute approximate surface area is 132 Å². The highest BCUT2D eigenvalue weighted by atomic mass is 79.9. The van der Waals surface area contributed by atoms with Gasteiger partial charge in [0.25, 0.3) is 0 Å². The van der Waals surface area contributed by atoms with Gasteiger partial charge in [0.05, 0.1) is 12.2 Å². The van der Waals surface area contributed by atoms with Crippen LogP contribution in [-0.4, -0.2) is 19.7 Å². The van der Waals surface area contributed by atoms with E-state index in [1.165, 1.54) is 11.3 Å². The Morgan fingerprint density at radius 2 is 2.05 bits per heavy atom. The van der Waals surface area contributed by atoms with Crippen LogP contribution in [0.3, 0.4) is 0 Å². The lowest BCUT2D eigenvalue weighted by Crippen LogP contribution is -1.99. The molecule has 3 rings (SSSR count). The van der Waals surface area contributed by atoms with Crippen LogP contribution < -0.4 is 5.32 Å². The van der Waals surface area contributed by atoms with Crippen molar-refractivity contribution in [1.29, 1.82) is 0 Å². The Morgan fingerprint density at radius 1 is 1.25 bits per heavy atom. The molecule has 2 heterocycles. The first-order chi connectivity index (χ1) is 9.70. The maximum Gasteiger partial charge on any atom is 0.217 e. The first-order valence-corrected chi connectivity index (χ1v) is 7.71. The zero-order valence-electron chi connectivity index (χ0n) is 10.1. The van der Waals surface area contributed by atoms with Crippen molar-refractivity contribution in [3.05, 3.63) is 50.9 Å². The van der Waals surface area contributed by atoms with Gasteiger partial charge in [0.1, 0.15) is 6.33 Å². The molecule has 0 aliphatic heterocycles. The van der Waals surface area contributed by atoms with Crippen molar-refractivity contribution in [2.24, 2.45) is 0 Å². The van der Waals surface area contributed by atoms with E-state index in [9.17, 15) is 0 Å². The van der Waals surface area contributed by atoms with Crippen molar-refractivity contribution in [3.8, 4) is 5.69 Å². The van der Waals surface area contributed by atoms with Gasteiger partial charge < -0.3 is 5.32 Å². The zero-order valence-corrected chi connectivity index (χ0v) is 13.3. The predicted octanol–water partition coefficient (Wildman–Crippen LogP) is 3.75. The number of rotatable bonds is 4. The summed E-state index contributed by atoms with van der Waals surface area (Å²) in [7, 11) is 0. The number of anilines is 1. The molecule has 0 saturated heterocycles. The van der Waals surface area contributed by atoms with E-state index in [-0.39, 0.29) is 0 Å². The molecule has 0 fully saturated rings. The Bertz CT molecular complexity index is 709. The molecule has 0 saturated carbocycles. The van der Waals surface area contributed by atoms with Crippen molar-refractivity contribution in [3.63, 3.8) is 0 Å². The summed E-state index contributed by atoms with van der Waals surface area (Å²) in [5, 5.41) is 7.50. The highest BCUT2D eigenvalue weighted by Gasteiger charge is 2.02. The lowest BCUT2D eigenvalue weighted by molar-refractivity contribution is 0.870. The molecule has 0 amide bonds. The van der Waals surface area contributed by atoms with E-state index in [0.29, 0.717) is 15.7 Å². The number of halogens is 2. The fourth-order valence-electron chi connectivity index (χ4n) is 1.65. The lowest BCUT2D eigenvalue weighted by atomic mass is 10.3. The standard InChI is InChI=1S/C12H9BrClN5S/c13-11-17-7-19(18-11)9-3-1-8(2-4-9)15-5-10-6-16-12(14)20-10/h1-4,6-7,15H,5H2. The first kappa shape index (κ1) is 13.5. The minimum atomic E-state index is 0.564. The minimum absolute atomic E-state index is 0.564. The lowest BCUT2D eigenvalue weighted by Gasteiger charge is -2.06. The van der Waals surface area contributed by atoms with Crippen molar-refractivity contribution >= 4 is 44.6 Å². The second-order valence-corrected chi connectivity index (χ2v) is 6.34. The SMILES string of the molecule is Clc1ncc(CNc2ccc(-n3cnc(Br)n3)cc2)s1. The third kappa shape index (κ3) is 3.17. The number of nitrogens with one attached hydrogen (secondary N) is 1. The summed E-state index contributed by atoms with van der Waals surface area (Å²) >= 11 is 10.5. The molecule has 0 bridgehead atoms. The monoisotopic (exact) mass is 369 g/mol. The quantitative estimate of drug-likeness (QED) is 0.760. The fourth-order valence-corrected chi connectivity index (χ4v) is 2.83. The average Bonchev–Trinajstić information content (AvgIpc) is 3.06. The predicted molar refractivity (Wildman–Crippen MR) is 83.5 cm³/mol. The highest BCUT2D eigenvalue weighted by molar-refractivity contribution is 9.10. The number of benzene rings is 1. The summed E-state index contributed by atoms with van der Waals surface area (Å²) in [5.41, 5.74) is 1.98. The number of hydrogen-bond donors (Lipinski definition) is 1. The Kier molecular flexibility index (Phi) is 4.00. The Balaban J connectivity index is 1.67.